The quantitative estimate of drug-likeness (QED) is 0.378. The number of carbonyl (C=O) groups is 1. The standard InChI is InChI=1S/C32H34O6S/c33-32(34)16-25-20-38-31-17-27(7-9-29(25)31)37-19-22-4-5-23-2-1-3-24-15-26(6-8-28(24)30(23)14-22)36-18-21-10-12-39(35)13-11-21/h4-9,14-15,17,21,25H,1-3,10-13,16,18-20H2,(H,33,34). The molecule has 0 spiro atoms. The van der Waals surface area contributed by atoms with Crippen LogP contribution < -0.4 is 14.2 Å². The molecule has 1 fully saturated rings. The second kappa shape index (κ2) is 11.4. The monoisotopic (exact) mass is 546 g/mol. The van der Waals surface area contributed by atoms with E-state index in [0.29, 0.717) is 37.2 Å². The summed E-state index contributed by atoms with van der Waals surface area (Å²) in [5.74, 6) is 3.52. The molecule has 7 heteroatoms. The molecule has 1 atom stereocenters. The van der Waals surface area contributed by atoms with Gasteiger partial charge in [-0.15, -0.1) is 0 Å². The maximum atomic E-state index is 11.6. The zero-order chi connectivity index (χ0) is 26.8. The van der Waals surface area contributed by atoms with Crippen molar-refractivity contribution >= 4 is 16.8 Å². The first-order valence-electron chi connectivity index (χ1n) is 13.9. The Morgan fingerprint density at radius 1 is 0.923 bits per heavy atom. The highest BCUT2D eigenvalue weighted by Gasteiger charge is 2.27. The normalized spacial score (nSPS) is 21.6. The topological polar surface area (TPSA) is 82.1 Å². The molecular formula is C32H34O6S. The summed E-state index contributed by atoms with van der Waals surface area (Å²) >= 11 is 0. The Kier molecular flexibility index (Phi) is 7.60. The van der Waals surface area contributed by atoms with Crippen LogP contribution in [-0.2, 0) is 35.0 Å². The van der Waals surface area contributed by atoms with Gasteiger partial charge in [0.2, 0.25) is 0 Å². The molecular weight excluding hydrogens is 512 g/mol. The smallest absolute Gasteiger partial charge is 0.304 e. The van der Waals surface area contributed by atoms with E-state index in [1.165, 1.54) is 22.3 Å². The molecule has 3 aliphatic rings. The Balaban J connectivity index is 1.14. The Morgan fingerprint density at radius 3 is 2.56 bits per heavy atom. The highest BCUT2D eigenvalue weighted by Crippen LogP contribution is 2.39. The van der Waals surface area contributed by atoms with E-state index < -0.39 is 16.8 Å². The molecule has 0 bridgehead atoms. The summed E-state index contributed by atoms with van der Waals surface area (Å²) in [7, 11) is -0.640. The number of fused-ring (bicyclic) bond motifs is 4. The van der Waals surface area contributed by atoms with Gasteiger partial charge in [0.25, 0.3) is 0 Å². The molecule has 0 aromatic heterocycles. The first-order valence-corrected chi connectivity index (χ1v) is 15.3. The molecule has 1 aliphatic carbocycles. The molecule has 39 heavy (non-hydrogen) atoms. The van der Waals surface area contributed by atoms with Gasteiger partial charge in [0.15, 0.2) is 0 Å². The van der Waals surface area contributed by atoms with Gasteiger partial charge >= 0.3 is 5.97 Å². The lowest BCUT2D eigenvalue weighted by Gasteiger charge is -2.22. The third-order valence-corrected chi connectivity index (χ3v) is 9.50. The number of carboxylic acids is 1. The molecule has 1 saturated heterocycles. The van der Waals surface area contributed by atoms with Crippen molar-refractivity contribution in [2.75, 3.05) is 24.7 Å². The van der Waals surface area contributed by atoms with Crippen LogP contribution in [0.2, 0.25) is 0 Å². The van der Waals surface area contributed by atoms with Crippen LogP contribution >= 0.6 is 0 Å². The van der Waals surface area contributed by atoms with Crippen molar-refractivity contribution in [3.8, 4) is 28.4 Å². The van der Waals surface area contributed by atoms with Gasteiger partial charge in [-0.1, -0.05) is 24.3 Å². The Hall–Kier alpha value is -3.32. The van der Waals surface area contributed by atoms with Gasteiger partial charge in [-0.2, -0.15) is 0 Å². The number of aliphatic carboxylic acids is 1. The second-order valence-electron chi connectivity index (χ2n) is 10.9. The maximum absolute atomic E-state index is 11.6. The number of carboxylic acid groups (broad SMARTS) is 1. The molecule has 0 saturated carbocycles. The van der Waals surface area contributed by atoms with Crippen LogP contribution in [0, 0.1) is 5.92 Å². The van der Waals surface area contributed by atoms with Crippen molar-refractivity contribution in [3.63, 3.8) is 0 Å². The van der Waals surface area contributed by atoms with Gasteiger partial charge < -0.3 is 19.3 Å². The average Bonchev–Trinajstić information content (AvgIpc) is 3.23. The van der Waals surface area contributed by atoms with Crippen LogP contribution in [0.25, 0.3) is 11.1 Å². The number of ether oxygens (including phenoxy) is 3. The molecule has 6 rings (SSSR count). The summed E-state index contributed by atoms with van der Waals surface area (Å²) in [6.07, 6.45) is 5.21. The second-order valence-corrected chi connectivity index (χ2v) is 12.6. The fourth-order valence-corrected chi connectivity index (χ4v) is 7.29. The maximum Gasteiger partial charge on any atom is 0.304 e. The number of benzene rings is 3. The van der Waals surface area contributed by atoms with Gasteiger partial charge in [0, 0.05) is 39.9 Å². The summed E-state index contributed by atoms with van der Waals surface area (Å²) in [6.45, 7) is 1.53. The SMILES string of the molecule is O=C(O)CC1COc2cc(OCc3ccc4c(c3)-c3ccc(OCC5CCS(=O)CC5)cc3CCC4)ccc21. The molecule has 6 nitrogen and oxygen atoms in total. The summed E-state index contributed by atoms with van der Waals surface area (Å²) in [6, 6.07) is 18.8. The number of hydrogen-bond donors (Lipinski definition) is 1. The molecule has 1 unspecified atom stereocenters. The molecule has 204 valence electrons. The van der Waals surface area contributed by atoms with Crippen LogP contribution in [0.4, 0.5) is 0 Å². The molecule has 0 radical (unpaired) electrons. The first kappa shape index (κ1) is 25.9. The molecule has 1 N–H and O–H groups in total. The Bertz CT molecular complexity index is 1390. The predicted octanol–water partition coefficient (Wildman–Crippen LogP) is 5.91. The van der Waals surface area contributed by atoms with E-state index in [9.17, 15) is 9.00 Å². The summed E-state index contributed by atoms with van der Waals surface area (Å²) in [5, 5.41) is 9.13. The van der Waals surface area contributed by atoms with Crippen molar-refractivity contribution in [1.29, 1.82) is 0 Å². The zero-order valence-corrected chi connectivity index (χ0v) is 22.8. The van der Waals surface area contributed by atoms with Crippen molar-refractivity contribution in [3.05, 3.63) is 76.9 Å². The third-order valence-electron chi connectivity index (χ3n) is 8.12. The summed E-state index contributed by atoms with van der Waals surface area (Å²) in [4.78, 5) is 11.1. The van der Waals surface area contributed by atoms with E-state index in [-0.39, 0.29) is 12.3 Å². The lowest BCUT2D eigenvalue weighted by Crippen LogP contribution is -2.23. The fraction of sp³-hybridized carbons (Fsp3) is 0.406. The highest BCUT2D eigenvalue weighted by atomic mass is 32.2. The molecule has 2 heterocycles. The highest BCUT2D eigenvalue weighted by molar-refractivity contribution is 7.85. The molecule has 3 aromatic rings. The first-order chi connectivity index (χ1) is 19.0. The van der Waals surface area contributed by atoms with E-state index in [2.05, 4.69) is 36.4 Å². The van der Waals surface area contributed by atoms with Crippen LogP contribution in [0.15, 0.2) is 54.6 Å². The van der Waals surface area contributed by atoms with Gasteiger partial charge in [0.05, 0.1) is 19.6 Å². The van der Waals surface area contributed by atoms with Crippen LogP contribution in [-0.4, -0.2) is 40.0 Å². The largest absolute Gasteiger partial charge is 0.493 e. The predicted molar refractivity (Wildman–Crippen MR) is 151 cm³/mol. The van der Waals surface area contributed by atoms with Crippen molar-refractivity contribution in [1.82, 2.24) is 0 Å². The molecule has 2 aliphatic heterocycles. The van der Waals surface area contributed by atoms with E-state index in [4.69, 9.17) is 19.3 Å². The number of aryl methyl sites for hydroxylation is 2. The van der Waals surface area contributed by atoms with Crippen LogP contribution in [0.3, 0.4) is 0 Å². The Labute approximate surface area is 231 Å². The fourth-order valence-electron chi connectivity index (χ4n) is 5.90. The van der Waals surface area contributed by atoms with Crippen molar-refractivity contribution in [2.45, 2.75) is 51.0 Å². The van der Waals surface area contributed by atoms with Crippen molar-refractivity contribution < 1.29 is 28.3 Å². The number of rotatable bonds is 8. The van der Waals surface area contributed by atoms with E-state index in [0.717, 1.165) is 60.5 Å². The van der Waals surface area contributed by atoms with Gasteiger partial charge in [-0.25, -0.2) is 0 Å². The third kappa shape index (κ3) is 5.98. The van der Waals surface area contributed by atoms with Gasteiger partial charge in [0.1, 0.15) is 23.9 Å². The van der Waals surface area contributed by atoms with Crippen LogP contribution in [0.5, 0.6) is 17.2 Å². The number of hydrogen-bond acceptors (Lipinski definition) is 5. The van der Waals surface area contributed by atoms with Crippen LogP contribution in [0.1, 0.15) is 53.9 Å². The Morgan fingerprint density at radius 2 is 1.72 bits per heavy atom. The van der Waals surface area contributed by atoms with E-state index in [1.807, 2.05) is 18.2 Å². The van der Waals surface area contributed by atoms with E-state index >= 15 is 0 Å². The minimum Gasteiger partial charge on any atom is -0.493 e. The average molecular weight is 547 g/mol. The summed E-state index contributed by atoms with van der Waals surface area (Å²) < 4.78 is 29.7. The van der Waals surface area contributed by atoms with Gasteiger partial charge in [-0.05, 0) is 90.1 Å². The summed E-state index contributed by atoms with van der Waals surface area (Å²) in [5.41, 5.74) is 7.24. The zero-order valence-electron chi connectivity index (χ0n) is 22.0. The minimum absolute atomic E-state index is 0.0706. The lowest BCUT2D eigenvalue weighted by atomic mass is 9.95. The molecule has 0 amide bonds. The van der Waals surface area contributed by atoms with Gasteiger partial charge in [-0.3, -0.25) is 9.00 Å². The minimum atomic E-state index is -0.815. The van der Waals surface area contributed by atoms with Crippen molar-refractivity contribution in [2.24, 2.45) is 5.92 Å². The molecule has 3 aromatic carbocycles. The lowest BCUT2D eigenvalue weighted by molar-refractivity contribution is -0.137. The van der Waals surface area contributed by atoms with E-state index in [1.54, 1.807) is 0 Å².